The van der Waals surface area contributed by atoms with Crippen molar-refractivity contribution in [3.8, 4) is 0 Å². The van der Waals surface area contributed by atoms with Gasteiger partial charge in [0.2, 0.25) is 0 Å². The molecule has 1 aromatic rings. The van der Waals surface area contributed by atoms with Gasteiger partial charge < -0.3 is 10.2 Å². The Morgan fingerprint density at radius 3 is 2.50 bits per heavy atom. The van der Waals surface area contributed by atoms with Gasteiger partial charge in [0.25, 0.3) is 0 Å². The summed E-state index contributed by atoms with van der Waals surface area (Å²) in [6.07, 6.45) is 4.74. The van der Waals surface area contributed by atoms with Crippen LogP contribution in [0.2, 0.25) is 0 Å². The highest BCUT2D eigenvalue weighted by molar-refractivity contribution is 5.71. The average molecular weight is 276 g/mol. The summed E-state index contributed by atoms with van der Waals surface area (Å²) in [5.74, 6) is -1.38. The average Bonchev–Trinajstić information content (AvgIpc) is 2.63. The van der Waals surface area contributed by atoms with Crippen LogP contribution in [0.1, 0.15) is 43.2 Å². The number of carbonyl (C=O) groups is 1. The van der Waals surface area contributed by atoms with Crippen molar-refractivity contribution in [2.75, 3.05) is 0 Å². The van der Waals surface area contributed by atoms with Gasteiger partial charge >= 0.3 is 5.97 Å². The summed E-state index contributed by atoms with van der Waals surface area (Å²) < 4.78 is 0. The third kappa shape index (κ3) is 3.83. The molecule has 1 aliphatic rings. The number of carboxylic acid groups (broad SMARTS) is 1. The lowest BCUT2D eigenvalue weighted by Gasteiger charge is -2.27. The second-order valence-corrected chi connectivity index (χ2v) is 6.00. The van der Waals surface area contributed by atoms with Crippen LogP contribution in [0.4, 0.5) is 0 Å². The Kier molecular flexibility index (Phi) is 5.18. The van der Waals surface area contributed by atoms with Gasteiger partial charge in [-0.2, -0.15) is 0 Å². The fraction of sp³-hybridized carbons (Fsp3) is 0.588. The summed E-state index contributed by atoms with van der Waals surface area (Å²) >= 11 is 0. The van der Waals surface area contributed by atoms with E-state index >= 15 is 0 Å². The number of carboxylic acids is 1. The van der Waals surface area contributed by atoms with Crippen molar-refractivity contribution in [2.45, 2.75) is 51.6 Å². The fourth-order valence-electron chi connectivity index (χ4n) is 3.19. The molecule has 3 heteroatoms. The van der Waals surface area contributed by atoms with Gasteiger partial charge in [0.15, 0.2) is 0 Å². The quantitative estimate of drug-likeness (QED) is 0.830. The highest BCUT2D eigenvalue weighted by Gasteiger charge is 2.34. The molecule has 0 amide bonds. The molecule has 0 saturated heterocycles. The Hall–Kier alpha value is -1.35. The van der Waals surface area contributed by atoms with Gasteiger partial charge in [-0.15, -0.1) is 0 Å². The van der Waals surface area contributed by atoms with E-state index in [4.69, 9.17) is 0 Å². The van der Waals surface area contributed by atoms with E-state index < -0.39 is 18.0 Å². The number of hydrogen-bond donors (Lipinski definition) is 2. The van der Waals surface area contributed by atoms with Gasteiger partial charge in [-0.3, -0.25) is 4.79 Å². The lowest BCUT2D eigenvalue weighted by atomic mass is 9.80. The topological polar surface area (TPSA) is 57.5 Å². The van der Waals surface area contributed by atoms with Crippen LogP contribution in [0.15, 0.2) is 24.3 Å². The van der Waals surface area contributed by atoms with Crippen LogP contribution in [0.5, 0.6) is 0 Å². The van der Waals surface area contributed by atoms with Crippen LogP contribution in [0.3, 0.4) is 0 Å². The molecule has 110 valence electrons. The van der Waals surface area contributed by atoms with Crippen molar-refractivity contribution >= 4 is 5.97 Å². The summed E-state index contributed by atoms with van der Waals surface area (Å²) in [4.78, 5) is 11.6. The third-order valence-electron chi connectivity index (χ3n) is 4.44. The minimum absolute atomic E-state index is 0.115. The Morgan fingerprint density at radius 1 is 1.20 bits per heavy atom. The SMILES string of the molecule is Cc1ccc(CC(C(=O)O)C2CCCCCC2O)cc1. The van der Waals surface area contributed by atoms with Crippen LogP contribution in [0.25, 0.3) is 0 Å². The van der Waals surface area contributed by atoms with Gasteiger partial charge in [-0.05, 0) is 37.7 Å². The van der Waals surface area contributed by atoms with E-state index in [9.17, 15) is 15.0 Å². The normalized spacial score (nSPS) is 24.9. The molecular weight excluding hydrogens is 252 g/mol. The zero-order valence-electron chi connectivity index (χ0n) is 12.1. The van der Waals surface area contributed by atoms with Crippen LogP contribution in [-0.2, 0) is 11.2 Å². The predicted molar refractivity (Wildman–Crippen MR) is 78.6 cm³/mol. The first-order valence-electron chi connectivity index (χ1n) is 7.54. The number of hydrogen-bond acceptors (Lipinski definition) is 2. The molecule has 0 radical (unpaired) electrons. The van der Waals surface area contributed by atoms with Crippen molar-refractivity contribution in [1.29, 1.82) is 0 Å². The molecule has 3 atom stereocenters. The Morgan fingerprint density at radius 2 is 1.85 bits per heavy atom. The van der Waals surface area contributed by atoms with Gasteiger partial charge in [0.05, 0.1) is 12.0 Å². The number of aliphatic hydroxyl groups is 1. The molecule has 1 aromatic carbocycles. The lowest BCUT2D eigenvalue weighted by molar-refractivity contribution is -0.145. The molecule has 20 heavy (non-hydrogen) atoms. The maximum Gasteiger partial charge on any atom is 0.307 e. The van der Waals surface area contributed by atoms with Crippen LogP contribution < -0.4 is 0 Å². The Bertz CT molecular complexity index is 438. The molecular formula is C17H24O3. The highest BCUT2D eigenvalue weighted by atomic mass is 16.4. The summed E-state index contributed by atoms with van der Waals surface area (Å²) in [5.41, 5.74) is 2.22. The molecule has 3 unspecified atom stereocenters. The first-order valence-corrected chi connectivity index (χ1v) is 7.54. The smallest absolute Gasteiger partial charge is 0.307 e. The number of benzene rings is 1. The molecule has 0 bridgehead atoms. The number of aliphatic hydroxyl groups excluding tert-OH is 1. The van der Waals surface area contributed by atoms with E-state index in [1.807, 2.05) is 31.2 Å². The van der Waals surface area contributed by atoms with Crippen LogP contribution >= 0.6 is 0 Å². The monoisotopic (exact) mass is 276 g/mol. The van der Waals surface area contributed by atoms with Gasteiger partial charge in [0, 0.05) is 0 Å². The maximum atomic E-state index is 11.6. The molecule has 2 N–H and O–H groups in total. The van der Waals surface area contributed by atoms with E-state index in [1.54, 1.807) is 0 Å². The predicted octanol–water partition coefficient (Wildman–Crippen LogP) is 3.18. The van der Waals surface area contributed by atoms with Crippen molar-refractivity contribution < 1.29 is 15.0 Å². The van der Waals surface area contributed by atoms with Crippen LogP contribution in [-0.4, -0.2) is 22.3 Å². The van der Waals surface area contributed by atoms with Crippen molar-refractivity contribution in [3.05, 3.63) is 35.4 Å². The van der Waals surface area contributed by atoms with Crippen molar-refractivity contribution in [3.63, 3.8) is 0 Å². The van der Waals surface area contributed by atoms with Gasteiger partial charge in [-0.25, -0.2) is 0 Å². The minimum atomic E-state index is -0.781. The molecule has 0 aromatic heterocycles. The van der Waals surface area contributed by atoms with E-state index in [-0.39, 0.29) is 5.92 Å². The molecule has 0 spiro atoms. The largest absolute Gasteiger partial charge is 0.481 e. The minimum Gasteiger partial charge on any atom is -0.481 e. The maximum absolute atomic E-state index is 11.6. The third-order valence-corrected chi connectivity index (χ3v) is 4.44. The molecule has 3 nitrogen and oxygen atoms in total. The number of rotatable bonds is 4. The van der Waals surface area contributed by atoms with E-state index in [0.717, 1.165) is 37.7 Å². The number of aryl methyl sites for hydroxylation is 1. The molecule has 0 heterocycles. The Labute approximate surface area is 120 Å². The summed E-state index contributed by atoms with van der Waals surface area (Å²) in [5, 5.41) is 19.8. The van der Waals surface area contributed by atoms with Gasteiger partial charge in [-0.1, -0.05) is 49.1 Å². The standard InChI is InChI=1S/C17H24O3/c1-12-7-9-13(10-8-12)11-15(17(19)20)14-5-3-2-4-6-16(14)18/h7-10,14-16,18H,2-6,11H2,1H3,(H,19,20). The molecule has 1 aliphatic carbocycles. The molecule has 1 fully saturated rings. The number of aliphatic carboxylic acids is 1. The second-order valence-electron chi connectivity index (χ2n) is 6.00. The zero-order chi connectivity index (χ0) is 14.5. The molecule has 0 aliphatic heterocycles. The zero-order valence-corrected chi connectivity index (χ0v) is 12.1. The lowest BCUT2D eigenvalue weighted by Crippen LogP contribution is -2.33. The molecule has 2 rings (SSSR count). The summed E-state index contributed by atoms with van der Waals surface area (Å²) in [6, 6.07) is 8.01. The van der Waals surface area contributed by atoms with E-state index in [1.165, 1.54) is 5.56 Å². The first kappa shape index (κ1) is 15.0. The second kappa shape index (κ2) is 6.89. The molecule has 1 saturated carbocycles. The Balaban J connectivity index is 2.13. The first-order chi connectivity index (χ1) is 9.58. The fourth-order valence-corrected chi connectivity index (χ4v) is 3.19. The summed E-state index contributed by atoms with van der Waals surface area (Å²) in [6.45, 7) is 2.02. The van der Waals surface area contributed by atoms with Crippen LogP contribution in [0, 0.1) is 18.8 Å². The van der Waals surface area contributed by atoms with Crippen molar-refractivity contribution in [1.82, 2.24) is 0 Å². The summed E-state index contributed by atoms with van der Waals surface area (Å²) in [7, 11) is 0. The van der Waals surface area contributed by atoms with Gasteiger partial charge in [0.1, 0.15) is 0 Å². The van der Waals surface area contributed by atoms with E-state index in [0.29, 0.717) is 6.42 Å². The van der Waals surface area contributed by atoms with Crippen molar-refractivity contribution in [2.24, 2.45) is 11.8 Å². The highest BCUT2D eigenvalue weighted by Crippen LogP contribution is 2.31. The van der Waals surface area contributed by atoms with E-state index in [2.05, 4.69) is 0 Å².